The number of nitrogens with zero attached hydrogens (tertiary/aromatic N) is 3. The van der Waals surface area contributed by atoms with E-state index in [0.29, 0.717) is 11.2 Å². The number of carbonyl (C=O) groups is 2. The first kappa shape index (κ1) is 22.3. The van der Waals surface area contributed by atoms with E-state index < -0.39 is 18.2 Å². The number of carbonyl (C=O) groups excluding carboxylic acids is 2. The summed E-state index contributed by atoms with van der Waals surface area (Å²) in [4.78, 5) is 37.3. The van der Waals surface area contributed by atoms with Crippen LogP contribution in [0.1, 0.15) is 5.56 Å². The average Bonchev–Trinajstić information content (AvgIpc) is 3.41. The Labute approximate surface area is 189 Å². The number of nitrogens with one attached hydrogen (secondary N) is 2. The number of thiazole rings is 1. The van der Waals surface area contributed by atoms with Crippen LogP contribution in [0.15, 0.2) is 53.4 Å². The summed E-state index contributed by atoms with van der Waals surface area (Å²) in [5, 5.41) is 4.28. The predicted octanol–water partition coefficient (Wildman–Crippen LogP) is 4.07. The second-order valence-corrected chi connectivity index (χ2v) is 7.74. The van der Waals surface area contributed by atoms with E-state index in [1.807, 2.05) is 19.1 Å². The van der Waals surface area contributed by atoms with Crippen molar-refractivity contribution in [2.75, 3.05) is 17.3 Å². The number of benzene rings is 2. The second kappa shape index (κ2) is 8.54. The minimum Gasteiger partial charge on any atom is -0.307 e. The number of hydrogen-bond acceptors (Lipinski definition) is 5. The molecule has 2 N–H and O–H groups in total. The van der Waals surface area contributed by atoms with Crippen LogP contribution in [0.5, 0.6) is 0 Å². The zero-order valence-electron chi connectivity index (χ0n) is 17.3. The van der Waals surface area contributed by atoms with Gasteiger partial charge in [-0.3, -0.25) is 4.90 Å². The van der Waals surface area contributed by atoms with Crippen LogP contribution in [0.2, 0.25) is 0 Å². The number of para-hydroxylation sites is 1. The standard InChI is InChI=1S/C21H16F3N5O3S/c1-12-5-3-4-6-16(12)28(2)20(31)26-13-7-8-14-17(9-13)29(32-19(30)21(22,23)24)18(27-14)15-10-33-11-25-15/h3-11H,1-2H3,(H,26,31)/p+1. The summed E-state index contributed by atoms with van der Waals surface area (Å²) in [6.45, 7) is 1.86. The highest BCUT2D eigenvalue weighted by atomic mass is 32.1. The van der Waals surface area contributed by atoms with Crippen molar-refractivity contribution in [3.63, 3.8) is 0 Å². The first-order valence-corrected chi connectivity index (χ1v) is 10.5. The van der Waals surface area contributed by atoms with Crippen molar-refractivity contribution in [1.29, 1.82) is 0 Å². The van der Waals surface area contributed by atoms with Gasteiger partial charge in [-0.1, -0.05) is 18.2 Å². The van der Waals surface area contributed by atoms with Crippen LogP contribution in [0.3, 0.4) is 0 Å². The number of aromatic amines is 1. The zero-order chi connectivity index (χ0) is 23.8. The topological polar surface area (TPSA) is 91.2 Å². The van der Waals surface area contributed by atoms with Crippen LogP contribution >= 0.6 is 11.3 Å². The molecule has 0 fully saturated rings. The van der Waals surface area contributed by atoms with Gasteiger partial charge >= 0.3 is 24.0 Å². The fraction of sp³-hybridized carbons (Fsp3) is 0.143. The molecule has 12 heteroatoms. The van der Waals surface area contributed by atoms with E-state index in [-0.39, 0.29) is 22.7 Å². The van der Waals surface area contributed by atoms with Gasteiger partial charge in [-0.15, -0.1) is 11.3 Å². The van der Waals surface area contributed by atoms with Gasteiger partial charge in [0.1, 0.15) is 0 Å². The summed E-state index contributed by atoms with van der Waals surface area (Å²) >= 11 is 1.22. The molecule has 0 saturated heterocycles. The van der Waals surface area contributed by atoms with E-state index in [4.69, 9.17) is 0 Å². The quantitative estimate of drug-likeness (QED) is 0.435. The minimum atomic E-state index is -5.20. The molecule has 2 aromatic heterocycles. The number of halogens is 3. The molecule has 0 aliphatic rings. The molecule has 2 aromatic carbocycles. The van der Waals surface area contributed by atoms with Crippen molar-refractivity contribution in [3.05, 3.63) is 58.9 Å². The van der Waals surface area contributed by atoms with Crippen molar-refractivity contribution in [3.8, 4) is 11.5 Å². The molecule has 0 unspecified atom stereocenters. The molecule has 0 aliphatic carbocycles. The summed E-state index contributed by atoms with van der Waals surface area (Å²) in [7, 11) is 1.60. The van der Waals surface area contributed by atoms with Gasteiger partial charge in [0.05, 0.1) is 5.51 Å². The molecule has 2 heterocycles. The number of urea groups is 1. The van der Waals surface area contributed by atoms with E-state index >= 15 is 0 Å². The van der Waals surface area contributed by atoms with Gasteiger partial charge in [-0.2, -0.15) is 13.2 Å². The van der Waals surface area contributed by atoms with E-state index in [2.05, 4.69) is 20.1 Å². The molecule has 0 radical (unpaired) electrons. The number of amides is 2. The first-order chi connectivity index (χ1) is 15.6. The van der Waals surface area contributed by atoms with Crippen LogP contribution in [0.4, 0.5) is 29.3 Å². The maximum Gasteiger partial charge on any atom is 0.495 e. The van der Waals surface area contributed by atoms with Gasteiger partial charge in [-0.25, -0.2) is 24.4 Å². The fourth-order valence-corrected chi connectivity index (χ4v) is 3.70. The Morgan fingerprint density at radius 2 is 1.97 bits per heavy atom. The van der Waals surface area contributed by atoms with Crippen molar-refractivity contribution in [2.24, 2.45) is 0 Å². The third-order valence-electron chi connectivity index (χ3n) is 4.79. The Morgan fingerprint density at radius 3 is 2.64 bits per heavy atom. The van der Waals surface area contributed by atoms with Gasteiger partial charge < -0.3 is 5.32 Å². The third kappa shape index (κ3) is 4.51. The monoisotopic (exact) mass is 476 g/mol. The summed E-state index contributed by atoms with van der Waals surface area (Å²) in [5.41, 5.74) is 4.12. The van der Waals surface area contributed by atoms with Gasteiger partial charge in [-0.05, 0) is 35.4 Å². The number of fused-ring (bicyclic) bond motifs is 1. The van der Waals surface area contributed by atoms with E-state index in [1.54, 1.807) is 36.7 Å². The Balaban J connectivity index is 1.70. The summed E-state index contributed by atoms with van der Waals surface area (Å²) in [6, 6.07) is 11.4. The maximum atomic E-state index is 12.9. The van der Waals surface area contributed by atoms with Gasteiger partial charge in [0.25, 0.3) is 0 Å². The molecule has 170 valence electrons. The highest BCUT2D eigenvalue weighted by Gasteiger charge is 2.44. The molecule has 4 aromatic rings. The number of alkyl halides is 3. The van der Waals surface area contributed by atoms with Gasteiger partial charge in [0.2, 0.25) is 5.52 Å². The number of aryl methyl sites for hydroxylation is 1. The maximum absolute atomic E-state index is 12.9. The lowest BCUT2D eigenvalue weighted by molar-refractivity contribution is -0.841. The highest BCUT2D eigenvalue weighted by molar-refractivity contribution is 7.07. The predicted molar refractivity (Wildman–Crippen MR) is 116 cm³/mol. The smallest absolute Gasteiger partial charge is 0.307 e. The molecule has 0 atom stereocenters. The largest absolute Gasteiger partial charge is 0.495 e. The van der Waals surface area contributed by atoms with Crippen molar-refractivity contribution < 1.29 is 32.3 Å². The normalized spacial score (nSPS) is 11.4. The molecular weight excluding hydrogens is 459 g/mol. The molecule has 4 rings (SSSR count). The number of rotatable bonds is 4. The van der Waals surface area contributed by atoms with E-state index in [0.717, 1.165) is 10.3 Å². The van der Waals surface area contributed by atoms with Gasteiger partial charge in [0.15, 0.2) is 11.2 Å². The first-order valence-electron chi connectivity index (χ1n) is 9.51. The van der Waals surface area contributed by atoms with Crippen LogP contribution in [-0.4, -0.2) is 35.2 Å². The highest BCUT2D eigenvalue weighted by Crippen LogP contribution is 2.24. The second-order valence-electron chi connectivity index (χ2n) is 7.03. The lowest BCUT2D eigenvalue weighted by atomic mass is 10.2. The molecule has 0 saturated carbocycles. The number of aromatic nitrogens is 3. The van der Waals surface area contributed by atoms with Crippen LogP contribution in [0.25, 0.3) is 22.6 Å². The molecule has 0 aliphatic heterocycles. The molecule has 8 nitrogen and oxygen atoms in total. The van der Waals surface area contributed by atoms with Crippen LogP contribution < -0.4 is 19.8 Å². The van der Waals surface area contributed by atoms with Crippen LogP contribution in [0, 0.1) is 6.92 Å². The van der Waals surface area contributed by atoms with Crippen molar-refractivity contribution in [2.45, 2.75) is 13.1 Å². The number of imidazole rings is 1. The summed E-state index contributed by atoms with van der Waals surface area (Å²) in [6.07, 6.45) is -5.20. The lowest BCUT2D eigenvalue weighted by Crippen LogP contribution is -2.51. The SMILES string of the molecule is Cc1ccccc1N(C)C(=O)Nc1ccc2[nH]c(-c3cscn3)[n+](OC(=O)C(F)(F)F)c2c1. The molecule has 33 heavy (non-hydrogen) atoms. The Morgan fingerprint density at radius 1 is 1.21 bits per heavy atom. The number of H-pyrrole nitrogens is 1. The lowest BCUT2D eigenvalue weighted by Gasteiger charge is -2.20. The van der Waals surface area contributed by atoms with Crippen LogP contribution in [-0.2, 0) is 4.79 Å². The van der Waals surface area contributed by atoms with Crippen molar-refractivity contribution >= 4 is 45.7 Å². The Kier molecular flexibility index (Phi) is 5.77. The number of hydrogen-bond donors (Lipinski definition) is 2. The zero-order valence-corrected chi connectivity index (χ0v) is 18.1. The average molecular weight is 476 g/mol. The molecule has 2 amide bonds. The van der Waals surface area contributed by atoms with E-state index in [9.17, 15) is 22.8 Å². The summed E-state index contributed by atoms with van der Waals surface area (Å²) in [5.74, 6) is -2.34. The molecule has 0 bridgehead atoms. The Hall–Kier alpha value is -3.93. The van der Waals surface area contributed by atoms with E-state index in [1.165, 1.54) is 27.8 Å². The molecule has 0 spiro atoms. The molecular formula is C21H17F3N5O3S+. The van der Waals surface area contributed by atoms with Crippen molar-refractivity contribution in [1.82, 2.24) is 9.97 Å². The summed E-state index contributed by atoms with van der Waals surface area (Å²) < 4.78 is 39.3. The fourth-order valence-electron chi connectivity index (χ4n) is 3.17. The Bertz CT molecular complexity index is 1330. The van der Waals surface area contributed by atoms with Gasteiger partial charge in [0, 0.05) is 29.9 Å². The third-order valence-corrected chi connectivity index (χ3v) is 5.37. The number of anilines is 2. The minimum absolute atomic E-state index is 0.0457.